The zero-order chi connectivity index (χ0) is 11.5. The summed E-state index contributed by atoms with van der Waals surface area (Å²) >= 11 is -2.42. The Hall–Kier alpha value is 0.679. The Balaban J connectivity index is 4.95. The van der Waals surface area contributed by atoms with E-state index in [1.54, 1.807) is 0 Å². The van der Waals surface area contributed by atoms with Gasteiger partial charge in [-0.25, -0.2) is 0 Å². The van der Waals surface area contributed by atoms with Crippen molar-refractivity contribution >= 4 is 19.2 Å². The number of hydrogen-bond donors (Lipinski definition) is 0. The van der Waals surface area contributed by atoms with Crippen LogP contribution in [-0.4, -0.2) is 70.8 Å². The van der Waals surface area contributed by atoms with E-state index in [0.717, 1.165) is 5.92 Å². The summed E-state index contributed by atoms with van der Waals surface area (Å²) in [5, 5.41) is 0. The maximum absolute atomic E-state index is 2.49. The first kappa shape index (κ1) is 14.7. The molecule has 0 radical (unpaired) electrons. The van der Waals surface area contributed by atoms with E-state index in [9.17, 15) is 0 Å². The minimum atomic E-state index is -2.42. The molecule has 0 unspecified atom stereocenters. The number of nitrogens with zero attached hydrogens (tertiary/aromatic N) is 3. The van der Waals surface area contributed by atoms with Gasteiger partial charge in [-0.2, -0.15) is 0 Å². The monoisotopic (exact) mass is 309 g/mol. The van der Waals surface area contributed by atoms with Gasteiger partial charge in [0.15, 0.2) is 0 Å². The number of rotatable bonds is 5. The molecule has 0 fully saturated rings. The van der Waals surface area contributed by atoms with Gasteiger partial charge in [0.2, 0.25) is 0 Å². The fourth-order valence-corrected chi connectivity index (χ4v) is 15.4. The molecule has 0 aliphatic rings. The third-order valence-corrected chi connectivity index (χ3v) is 19.0. The summed E-state index contributed by atoms with van der Waals surface area (Å²) in [7, 11) is 13.4. The zero-order valence-corrected chi connectivity index (χ0v) is 14.0. The van der Waals surface area contributed by atoms with Gasteiger partial charge in [-0.05, 0) is 0 Å². The van der Waals surface area contributed by atoms with E-state index in [-0.39, 0.29) is 0 Å². The van der Waals surface area contributed by atoms with E-state index in [1.807, 2.05) is 0 Å². The molecule has 0 aromatic heterocycles. The van der Waals surface area contributed by atoms with Gasteiger partial charge < -0.3 is 0 Å². The van der Waals surface area contributed by atoms with E-state index >= 15 is 0 Å². The van der Waals surface area contributed by atoms with Crippen LogP contribution in [0, 0.1) is 5.92 Å². The molecule has 14 heavy (non-hydrogen) atoms. The molecule has 0 atom stereocenters. The van der Waals surface area contributed by atoms with E-state index in [1.165, 1.54) is 4.44 Å². The third kappa shape index (κ3) is 3.08. The van der Waals surface area contributed by atoms with Crippen molar-refractivity contribution in [3.63, 3.8) is 0 Å². The fraction of sp³-hybridized carbons (Fsp3) is 1.00. The topological polar surface area (TPSA) is 9.72 Å². The summed E-state index contributed by atoms with van der Waals surface area (Å²) in [4.78, 5) is 0. The predicted molar refractivity (Wildman–Crippen MR) is 66.5 cm³/mol. The Morgan fingerprint density at radius 1 is 0.786 bits per heavy atom. The van der Waals surface area contributed by atoms with Crippen molar-refractivity contribution < 1.29 is 0 Å². The Morgan fingerprint density at radius 2 is 1.07 bits per heavy atom. The van der Waals surface area contributed by atoms with Crippen molar-refractivity contribution in [3.8, 4) is 0 Å². The van der Waals surface area contributed by atoms with Crippen LogP contribution in [0.4, 0.5) is 0 Å². The van der Waals surface area contributed by atoms with Gasteiger partial charge in [-0.1, -0.05) is 0 Å². The van der Waals surface area contributed by atoms with Gasteiger partial charge in [-0.15, -0.1) is 0 Å². The standard InChI is InChI=1S/C4H9.3C2H6N.Sn/c1-4(2)3;3*1-3-2;/h4H,1H2,2-3H3;3*1-2H3;/q;3*-1;+3. The molecule has 4 heteroatoms. The molecule has 0 aromatic rings. The van der Waals surface area contributed by atoms with Crippen LogP contribution in [-0.2, 0) is 0 Å². The van der Waals surface area contributed by atoms with Crippen LogP contribution in [0.25, 0.3) is 0 Å². The molecule has 0 saturated carbocycles. The van der Waals surface area contributed by atoms with Gasteiger partial charge in [0.25, 0.3) is 0 Å². The molecular weight excluding hydrogens is 281 g/mol. The van der Waals surface area contributed by atoms with Crippen molar-refractivity contribution in [1.82, 2.24) is 9.36 Å². The van der Waals surface area contributed by atoms with Crippen LogP contribution in [0.3, 0.4) is 0 Å². The Kier molecular flexibility index (Phi) is 5.95. The molecule has 0 aromatic carbocycles. The number of hydrogen-bond acceptors (Lipinski definition) is 3. The fourth-order valence-electron chi connectivity index (χ4n) is 2.30. The van der Waals surface area contributed by atoms with Gasteiger partial charge in [0.05, 0.1) is 0 Å². The van der Waals surface area contributed by atoms with E-state index in [0.29, 0.717) is 0 Å². The zero-order valence-electron chi connectivity index (χ0n) is 11.1. The predicted octanol–water partition coefficient (Wildman–Crippen LogP) is 1.27. The van der Waals surface area contributed by atoms with Crippen LogP contribution in [0.1, 0.15) is 13.8 Å². The molecule has 0 heterocycles. The quantitative estimate of drug-likeness (QED) is 0.708. The first-order valence-electron chi connectivity index (χ1n) is 5.27. The summed E-state index contributed by atoms with van der Waals surface area (Å²) in [5.41, 5.74) is 0. The minimum absolute atomic E-state index is 0.776. The second kappa shape index (κ2) is 5.68. The van der Waals surface area contributed by atoms with E-state index in [2.05, 4.69) is 65.5 Å². The first-order valence-corrected chi connectivity index (χ1v) is 11.1. The summed E-state index contributed by atoms with van der Waals surface area (Å²) < 4.78 is 8.83. The average Bonchev–Trinajstić information content (AvgIpc) is 1.97. The van der Waals surface area contributed by atoms with Crippen LogP contribution in [0.5, 0.6) is 0 Å². The van der Waals surface area contributed by atoms with Gasteiger partial charge >= 0.3 is 95.0 Å². The van der Waals surface area contributed by atoms with E-state index in [4.69, 9.17) is 0 Å². The molecule has 3 nitrogen and oxygen atoms in total. The second-order valence-corrected chi connectivity index (χ2v) is 18.3. The van der Waals surface area contributed by atoms with Crippen molar-refractivity contribution in [1.29, 1.82) is 0 Å². The third-order valence-electron chi connectivity index (χ3n) is 2.83. The Morgan fingerprint density at radius 3 is 1.14 bits per heavy atom. The molecular formula is C10H27N3Sn. The summed E-state index contributed by atoms with van der Waals surface area (Å²) in [5.74, 6) is 0.776. The molecule has 0 rings (SSSR count). The van der Waals surface area contributed by atoms with Crippen molar-refractivity contribution in [3.05, 3.63) is 0 Å². The molecule has 0 saturated heterocycles. The van der Waals surface area contributed by atoms with Crippen LogP contribution < -0.4 is 0 Å². The van der Waals surface area contributed by atoms with Crippen LogP contribution >= 0.6 is 0 Å². The van der Waals surface area contributed by atoms with Gasteiger partial charge in [0, 0.05) is 0 Å². The molecule has 0 amide bonds. The van der Waals surface area contributed by atoms with Crippen molar-refractivity contribution in [2.75, 3.05) is 42.3 Å². The summed E-state index contributed by atoms with van der Waals surface area (Å²) in [6.45, 7) is 4.64. The Bertz CT molecular complexity index is 145. The molecule has 0 N–H and O–H groups in total. The molecule has 0 aliphatic heterocycles. The summed E-state index contributed by atoms with van der Waals surface area (Å²) in [6.07, 6.45) is 0. The normalized spacial score (nSPS) is 13.7. The molecule has 86 valence electrons. The molecule has 0 bridgehead atoms. The average molecular weight is 308 g/mol. The van der Waals surface area contributed by atoms with Crippen molar-refractivity contribution in [2.45, 2.75) is 18.3 Å². The Labute approximate surface area is 95.0 Å². The SMILES string of the molecule is CC(C)[CH2][Sn]([N](C)C)([N](C)C)[N](C)C. The maximum atomic E-state index is 2.49. The van der Waals surface area contributed by atoms with Crippen LogP contribution in [0.2, 0.25) is 4.44 Å². The second-order valence-electron chi connectivity index (χ2n) is 5.06. The summed E-state index contributed by atoms with van der Waals surface area (Å²) in [6, 6.07) is 0. The van der Waals surface area contributed by atoms with Crippen LogP contribution in [0.15, 0.2) is 0 Å². The van der Waals surface area contributed by atoms with Crippen molar-refractivity contribution in [2.24, 2.45) is 5.92 Å². The van der Waals surface area contributed by atoms with Gasteiger partial charge in [0.1, 0.15) is 0 Å². The van der Waals surface area contributed by atoms with E-state index < -0.39 is 19.2 Å². The van der Waals surface area contributed by atoms with Gasteiger partial charge in [-0.3, -0.25) is 0 Å². The molecule has 0 spiro atoms. The molecule has 0 aliphatic carbocycles. The first-order chi connectivity index (χ1) is 6.25.